The molecular formula is C22H24FN3O2. The number of carbonyl (C=O) groups is 1. The molecule has 0 aliphatic carbocycles. The Labute approximate surface area is 164 Å². The largest absolute Gasteiger partial charge is 0.493 e. The van der Waals surface area contributed by atoms with Crippen LogP contribution in [0.4, 0.5) is 4.39 Å². The first kappa shape index (κ1) is 19.6. The van der Waals surface area contributed by atoms with E-state index in [1.165, 1.54) is 12.1 Å². The number of ether oxygens (including phenoxy) is 1. The molecule has 3 aromatic rings. The van der Waals surface area contributed by atoms with Gasteiger partial charge in [-0.1, -0.05) is 30.3 Å². The van der Waals surface area contributed by atoms with Crippen molar-refractivity contribution in [1.82, 2.24) is 14.9 Å². The van der Waals surface area contributed by atoms with Crippen LogP contribution in [0.1, 0.15) is 35.8 Å². The number of aromatic nitrogens is 2. The zero-order valence-corrected chi connectivity index (χ0v) is 16.1. The van der Waals surface area contributed by atoms with E-state index in [9.17, 15) is 9.18 Å². The monoisotopic (exact) mass is 381 g/mol. The molecule has 3 rings (SSSR count). The molecule has 28 heavy (non-hydrogen) atoms. The fourth-order valence-electron chi connectivity index (χ4n) is 2.97. The lowest BCUT2D eigenvalue weighted by molar-refractivity contribution is -0.121. The van der Waals surface area contributed by atoms with Crippen LogP contribution in [0.25, 0.3) is 0 Å². The van der Waals surface area contributed by atoms with Crippen LogP contribution in [0.3, 0.4) is 0 Å². The van der Waals surface area contributed by atoms with Crippen LogP contribution in [0.15, 0.2) is 60.9 Å². The van der Waals surface area contributed by atoms with Gasteiger partial charge in [0.2, 0.25) is 5.91 Å². The van der Waals surface area contributed by atoms with Crippen LogP contribution in [0.5, 0.6) is 5.75 Å². The van der Waals surface area contributed by atoms with Crippen molar-refractivity contribution in [2.75, 3.05) is 6.61 Å². The molecule has 1 N–H and O–H groups in total. The standard InChI is InChI=1S/C22H24FN3O2/c1-16-6-3-4-7-19(16)28-15-5-8-20(27)25-21(22-24-13-14-26(22)2)17-9-11-18(23)12-10-17/h3-4,6-7,9-14,21H,5,8,15H2,1-2H3,(H,25,27). The number of hydrogen-bond donors (Lipinski definition) is 1. The second kappa shape index (κ2) is 9.17. The van der Waals surface area contributed by atoms with E-state index in [2.05, 4.69) is 10.3 Å². The molecule has 0 aliphatic rings. The van der Waals surface area contributed by atoms with Crippen LogP contribution in [-0.2, 0) is 11.8 Å². The summed E-state index contributed by atoms with van der Waals surface area (Å²) in [4.78, 5) is 16.8. The Kier molecular flexibility index (Phi) is 6.42. The van der Waals surface area contributed by atoms with Gasteiger partial charge >= 0.3 is 0 Å². The normalized spacial score (nSPS) is 11.8. The van der Waals surface area contributed by atoms with E-state index in [-0.39, 0.29) is 11.7 Å². The number of amides is 1. The molecule has 0 aliphatic heterocycles. The number of carbonyl (C=O) groups excluding carboxylic acids is 1. The summed E-state index contributed by atoms with van der Waals surface area (Å²) in [6, 6.07) is 13.4. The van der Waals surface area contributed by atoms with Crippen LogP contribution in [0.2, 0.25) is 0 Å². The van der Waals surface area contributed by atoms with Gasteiger partial charge in [0.05, 0.1) is 6.61 Å². The molecule has 1 amide bonds. The summed E-state index contributed by atoms with van der Waals surface area (Å²) in [6.45, 7) is 2.45. The average molecular weight is 381 g/mol. The topological polar surface area (TPSA) is 56.1 Å². The molecule has 5 nitrogen and oxygen atoms in total. The summed E-state index contributed by atoms with van der Waals surface area (Å²) in [5.41, 5.74) is 1.85. The first-order chi connectivity index (χ1) is 13.5. The van der Waals surface area contributed by atoms with Gasteiger partial charge in [0.25, 0.3) is 0 Å². The summed E-state index contributed by atoms with van der Waals surface area (Å²) in [6.07, 6.45) is 4.41. The number of para-hydroxylation sites is 1. The summed E-state index contributed by atoms with van der Waals surface area (Å²) in [5, 5.41) is 3.01. The van der Waals surface area contributed by atoms with Crippen molar-refractivity contribution in [3.63, 3.8) is 0 Å². The molecule has 6 heteroatoms. The number of hydrogen-bond acceptors (Lipinski definition) is 3. The van der Waals surface area contributed by atoms with E-state index in [4.69, 9.17) is 4.74 Å². The number of benzene rings is 2. The third kappa shape index (κ3) is 4.97. The van der Waals surface area contributed by atoms with Crippen molar-refractivity contribution in [3.8, 4) is 5.75 Å². The third-order valence-corrected chi connectivity index (χ3v) is 4.52. The smallest absolute Gasteiger partial charge is 0.220 e. The number of nitrogens with one attached hydrogen (secondary N) is 1. The molecular weight excluding hydrogens is 357 g/mol. The number of nitrogens with zero attached hydrogens (tertiary/aromatic N) is 2. The van der Waals surface area contributed by atoms with E-state index in [0.717, 1.165) is 16.9 Å². The molecule has 0 radical (unpaired) electrons. The van der Waals surface area contributed by atoms with Crippen LogP contribution < -0.4 is 10.1 Å². The Bertz CT molecular complexity index is 922. The lowest BCUT2D eigenvalue weighted by Gasteiger charge is -2.19. The van der Waals surface area contributed by atoms with Gasteiger partial charge in [0.15, 0.2) is 0 Å². The van der Waals surface area contributed by atoms with E-state index in [1.807, 2.05) is 49.0 Å². The van der Waals surface area contributed by atoms with Crippen molar-refractivity contribution in [3.05, 3.63) is 83.7 Å². The Morgan fingerprint density at radius 2 is 1.96 bits per heavy atom. The molecule has 1 atom stereocenters. The van der Waals surface area contributed by atoms with Gasteiger partial charge in [-0.25, -0.2) is 9.37 Å². The van der Waals surface area contributed by atoms with Crippen molar-refractivity contribution >= 4 is 5.91 Å². The van der Waals surface area contributed by atoms with Crippen molar-refractivity contribution < 1.29 is 13.9 Å². The number of imidazole rings is 1. The Balaban J connectivity index is 1.59. The summed E-state index contributed by atoms with van der Waals surface area (Å²) >= 11 is 0. The zero-order chi connectivity index (χ0) is 19.9. The van der Waals surface area contributed by atoms with E-state index in [0.29, 0.717) is 25.3 Å². The first-order valence-corrected chi connectivity index (χ1v) is 9.25. The fourth-order valence-corrected chi connectivity index (χ4v) is 2.97. The zero-order valence-electron chi connectivity index (χ0n) is 16.1. The molecule has 0 saturated heterocycles. The van der Waals surface area contributed by atoms with Gasteiger partial charge in [-0.3, -0.25) is 4.79 Å². The summed E-state index contributed by atoms with van der Waals surface area (Å²) in [5.74, 6) is 1.10. The molecule has 146 valence electrons. The third-order valence-electron chi connectivity index (χ3n) is 4.52. The molecule has 1 heterocycles. The van der Waals surface area contributed by atoms with E-state index >= 15 is 0 Å². The number of halogens is 1. The van der Waals surface area contributed by atoms with Crippen LogP contribution in [0, 0.1) is 12.7 Å². The van der Waals surface area contributed by atoms with E-state index < -0.39 is 6.04 Å². The number of aryl methyl sites for hydroxylation is 2. The first-order valence-electron chi connectivity index (χ1n) is 9.25. The van der Waals surface area contributed by atoms with Crippen molar-refractivity contribution in [2.45, 2.75) is 25.8 Å². The minimum Gasteiger partial charge on any atom is -0.493 e. The molecule has 2 aromatic carbocycles. The predicted octanol–water partition coefficient (Wildman–Crippen LogP) is 3.93. The molecule has 0 fully saturated rings. The second-order valence-electron chi connectivity index (χ2n) is 6.67. The lowest BCUT2D eigenvalue weighted by Crippen LogP contribution is -2.31. The summed E-state index contributed by atoms with van der Waals surface area (Å²) in [7, 11) is 1.86. The molecule has 0 bridgehead atoms. The Morgan fingerprint density at radius 1 is 1.21 bits per heavy atom. The SMILES string of the molecule is Cc1ccccc1OCCCC(=O)NC(c1ccc(F)cc1)c1nccn1C. The van der Waals surface area contributed by atoms with Crippen LogP contribution in [-0.4, -0.2) is 22.1 Å². The molecule has 1 unspecified atom stereocenters. The Hall–Kier alpha value is -3.15. The maximum atomic E-state index is 13.3. The highest BCUT2D eigenvalue weighted by Crippen LogP contribution is 2.21. The highest BCUT2D eigenvalue weighted by atomic mass is 19.1. The van der Waals surface area contributed by atoms with Gasteiger partial charge < -0.3 is 14.6 Å². The molecule has 1 aromatic heterocycles. The van der Waals surface area contributed by atoms with Crippen LogP contribution >= 0.6 is 0 Å². The highest BCUT2D eigenvalue weighted by Gasteiger charge is 2.20. The number of rotatable bonds is 8. The molecule has 0 spiro atoms. The maximum Gasteiger partial charge on any atom is 0.220 e. The van der Waals surface area contributed by atoms with E-state index in [1.54, 1.807) is 18.3 Å². The van der Waals surface area contributed by atoms with Gasteiger partial charge in [-0.05, 0) is 42.7 Å². The van der Waals surface area contributed by atoms with Gasteiger partial charge in [0, 0.05) is 25.9 Å². The predicted molar refractivity (Wildman–Crippen MR) is 106 cm³/mol. The quantitative estimate of drug-likeness (QED) is 0.602. The van der Waals surface area contributed by atoms with Gasteiger partial charge in [0.1, 0.15) is 23.4 Å². The second-order valence-corrected chi connectivity index (χ2v) is 6.67. The summed E-state index contributed by atoms with van der Waals surface area (Å²) < 4.78 is 20.9. The lowest BCUT2D eigenvalue weighted by atomic mass is 10.1. The van der Waals surface area contributed by atoms with Crippen molar-refractivity contribution in [1.29, 1.82) is 0 Å². The maximum absolute atomic E-state index is 13.3. The van der Waals surface area contributed by atoms with Gasteiger partial charge in [-0.2, -0.15) is 0 Å². The van der Waals surface area contributed by atoms with Gasteiger partial charge in [-0.15, -0.1) is 0 Å². The molecule has 0 saturated carbocycles. The minimum absolute atomic E-state index is 0.106. The Morgan fingerprint density at radius 3 is 2.64 bits per heavy atom. The van der Waals surface area contributed by atoms with Crippen molar-refractivity contribution in [2.24, 2.45) is 7.05 Å². The fraction of sp³-hybridized carbons (Fsp3) is 0.273. The average Bonchev–Trinajstić information content (AvgIpc) is 3.11. The highest BCUT2D eigenvalue weighted by molar-refractivity contribution is 5.76. The minimum atomic E-state index is -0.439.